The average Bonchev–Trinajstić information content (AvgIpc) is 2.86. The number of nitrogens with one attached hydrogen (secondary N) is 1. The summed E-state index contributed by atoms with van der Waals surface area (Å²) in [6.07, 6.45) is 3.59. The van der Waals surface area contributed by atoms with Crippen LogP contribution in [0.5, 0.6) is 0 Å². The maximum absolute atomic E-state index is 5.73. The Bertz CT molecular complexity index is 747. The van der Waals surface area contributed by atoms with Crippen molar-refractivity contribution >= 4 is 10.9 Å². The van der Waals surface area contributed by atoms with Crippen molar-refractivity contribution in [1.82, 2.24) is 20.0 Å². The van der Waals surface area contributed by atoms with Crippen molar-refractivity contribution < 1.29 is 0 Å². The summed E-state index contributed by atoms with van der Waals surface area (Å²) in [4.78, 5) is 8.66. The number of hydrazine groups is 1. The first-order valence-electron chi connectivity index (χ1n) is 6.48. The highest BCUT2D eigenvalue weighted by atomic mass is 15.2. The van der Waals surface area contributed by atoms with Gasteiger partial charge in [-0.2, -0.15) is 0 Å². The molecule has 0 saturated carbocycles. The van der Waals surface area contributed by atoms with Crippen molar-refractivity contribution in [3.8, 4) is 0 Å². The van der Waals surface area contributed by atoms with Gasteiger partial charge in [-0.1, -0.05) is 12.1 Å². The van der Waals surface area contributed by atoms with E-state index in [4.69, 9.17) is 5.84 Å². The second-order valence-corrected chi connectivity index (χ2v) is 4.93. The molecule has 0 bridgehead atoms. The number of pyridine rings is 1. The minimum atomic E-state index is -0.0896. The van der Waals surface area contributed by atoms with E-state index < -0.39 is 0 Å². The van der Waals surface area contributed by atoms with Gasteiger partial charge >= 0.3 is 0 Å². The molecule has 2 aromatic heterocycles. The van der Waals surface area contributed by atoms with Crippen LogP contribution in [0, 0.1) is 6.92 Å². The van der Waals surface area contributed by atoms with Gasteiger partial charge in [-0.15, -0.1) is 0 Å². The van der Waals surface area contributed by atoms with E-state index in [0.717, 1.165) is 27.9 Å². The molecule has 102 valence electrons. The SMILES string of the molecule is Cc1ccc2cc(C(NN)c3cncn3C)ccc2n1. The third-order valence-electron chi connectivity index (χ3n) is 3.50. The molecule has 1 atom stereocenters. The monoisotopic (exact) mass is 267 g/mol. The smallest absolute Gasteiger partial charge is 0.0946 e. The fourth-order valence-electron chi connectivity index (χ4n) is 2.42. The third-order valence-corrected chi connectivity index (χ3v) is 3.50. The summed E-state index contributed by atoms with van der Waals surface area (Å²) in [5.41, 5.74) is 6.98. The Morgan fingerprint density at radius 2 is 2.10 bits per heavy atom. The molecular weight excluding hydrogens is 250 g/mol. The fourth-order valence-corrected chi connectivity index (χ4v) is 2.42. The van der Waals surface area contributed by atoms with E-state index in [0.29, 0.717) is 0 Å². The second-order valence-electron chi connectivity index (χ2n) is 4.93. The summed E-state index contributed by atoms with van der Waals surface area (Å²) in [6, 6.07) is 10.2. The lowest BCUT2D eigenvalue weighted by Crippen LogP contribution is -2.30. The fraction of sp³-hybridized carbons (Fsp3) is 0.200. The van der Waals surface area contributed by atoms with Crippen molar-refractivity contribution in [1.29, 1.82) is 0 Å². The van der Waals surface area contributed by atoms with E-state index in [2.05, 4.69) is 27.5 Å². The highest BCUT2D eigenvalue weighted by Gasteiger charge is 2.16. The third kappa shape index (κ3) is 2.17. The summed E-state index contributed by atoms with van der Waals surface area (Å²) >= 11 is 0. The molecule has 2 heterocycles. The summed E-state index contributed by atoms with van der Waals surface area (Å²) in [5, 5.41) is 1.11. The second kappa shape index (κ2) is 5.03. The quantitative estimate of drug-likeness (QED) is 0.561. The number of nitrogens with two attached hydrogens (primary N) is 1. The molecule has 0 aliphatic carbocycles. The molecule has 3 N–H and O–H groups in total. The molecule has 0 saturated heterocycles. The number of nitrogens with zero attached hydrogens (tertiary/aromatic N) is 3. The van der Waals surface area contributed by atoms with E-state index in [1.807, 2.05) is 42.9 Å². The molecule has 3 aromatic rings. The van der Waals surface area contributed by atoms with Gasteiger partial charge in [-0.05, 0) is 30.7 Å². The van der Waals surface area contributed by atoms with Crippen molar-refractivity contribution in [2.75, 3.05) is 0 Å². The zero-order valence-corrected chi connectivity index (χ0v) is 11.5. The Balaban J connectivity index is 2.08. The van der Waals surface area contributed by atoms with Gasteiger partial charge < -0.3 is 4.57 Å². The number of benzene rings is 1. The average molecular weight is 267 g/mol. The van der Waals surface area contributed by atoms with Gasteiger partial charge in [0.15, 0.2) is 0 Å². The normalized spacial score (nSPS) is 12.8. The van der Waals surface area contributed by atoms with Crippen molar-refractivity contribution in [3.05, 3.63) is 59.8 Å². The van der Waals surface area contributed by atoms with Crippen LogP contribution in [0.25, 0.3) is 10.9 Å². The Hall–Kier alpha value is -2.24. The van der Waals surface area contributed by atoms with Gasteiger partial charge in [0.2, 0.25) is 0 Å². The van der Waals surface area contributed by atoms with E-state index in [1.54, 1.807) is 6.33 Å². The molecule has 0 aliphatic rings. The summed E-state index contributed by atoms with van der Waals surface area (Å²) in [7, 11) is 1.96. The largest absolute Gasteiger partial charge is 0.336 e. The van der Waals surface area contributed by atoms with Crippen LogP contribution < -0.4 is 11.3 Å². The topological polar surface area (TPSA) is 68.8 Å². The predicted molar refractivity (Wildman–Crippen MR) is 78.9 cm³/mol. The van der Waals surface area contributed by atoms with E-state index in [1.165, 1.54) is 0 Å². The van der Waals surface area contributed by atoms with E-state index >= 15 is 0 Å². The molecular formula is C15H17N5. The molecule has 1 unspecified atom stereocenters. The van der Waals surface area contributed by atoms with E-state index in [-0.39, 0.29) is 6.04 Å². The first kappa shape index (κ1) is 12.8. The molecule has 20 heavy (non-hydrogen) atoms. The van der Waals surface area contributed by atoms with Crippen molar-refractivity contribution in [2.45, 2.75) is 13.0 Å². The Morgan fingerprint density at radius 3 is 2.80 bits per heavy atom. The van der Waals surface area contributed by atoms with Crippen LogP contribution in [0.15, 0.2) is 42.9 Å². The molecule has 0 aliphatic heterocycles. The number of fused-ring (bicyclic) bond motifs is 1. The standard InChI is InChI=1S/C15H17N5/c1-10-3-4-11-7-12(5-6-13(11)18-10)15(19-16)14-8-17-9-20(14)2/h3-9,15,19H,16H2,1-2H3. The number of imidazole rings is 1. The van der Waals surface area contributed by atoms with Crippen LogP contribution in [-0.2, 0) is 7.05 Å². The predicted octanol–water partition coefficient (Wildman–Crippen LogP) is 1.83. The van der Waals surface area contributed by atoms with Crippen molar-refractivity contribution in [3.63, 3.8) is 0 Å². The number of aryl methyl sites for hydroxylation is 2. The zero-order valence-electron chi connectivity index (χ0n) is 11.5. The van der Waals surface area contributed by atoms with Crippen LogP contribution >= 0.6 is 0 Å². The molecule has 5 heteroatoms. The number of aromatic nitrogens is 3. The maximum Gasteiger partial charge on any atom is 0.0946 e. The Kier molecular flexibility index (Phi) is 3.22. The molecule has 1 aromatic carbocycles. The highest BCUT2D eigenvalue weighted by Crippen LogP contribution is 2.24. The summed E-state index contributed by atoms with van der Waals surface area (Å²) in [6.45, 7) is 1.99. The van der Waals surface area contributed by atoms with Gasteiger partial charge in [0.25, 0.3) is 0 Å². The Morgan fingerprint density at radius 1 is 1.25 bits per heavy atom. The van der Waals surface area contributed by atoms with E-state index in [9.17, 15) is 0 Å². The van der Waals surface area contributed by atoms with Crippen molar-refractivity contribution in [2.24, 2.45) is 12.9 Å². The lowest BCUT2D eigenvalue weighted by Gasteiger charge is -2.17. The van der Waals surface area contributed by atoms with Gasteiger partial charge in [-0.25, -0.2) is 10.4 Å². The lowest BCUT2D eigenvalue weighted by molar-refractivity contribution is 0.598. The molecule has 3 rings (SSSR count). The number of rotatable bonds is 3. The summed E-state index contributed by atoms with van der Waals surface area (Å²) in [5.74, 6) is 5.73. The van der Waals surface area contributed by atoms with Crippen LogP contribution in [0.4, 0.5) is 0 Å². The minimum absolute atomic E-state index is 0.0896. The van der Waals surface area contributed by atoms with Gasteiger partial charge in [0, 0.05) is 18.1 Å². The zero-order chi connectivity index (χ0) is 14.1. The van der Waals surface area contributed by atoms with Gasteiger partial charge in [0.05, 0.1) is 29.8 Å². The molecule has 0 spiro atoms. The molecule has 5 nitrogen and oxygen atoms in total. The van der Waals surface area contributed by atoms with Gasteiger partial charge in [0.1, 0.15) is 0 Å². The lowest BCUT2D eigenvalue weighted by atomic mass is 10.0. The van der Waals surface area contributed by atoms with Crippen LogP contribution in [-0.4, -0.2) is 14.5 Å². The first-order valence-corrected chi connectivity index (χ1v) is 6.48. The maximum atomic E-state index is 5.73. The summed E-state index contributed by atoms with van der Waals surface area (Å²) < 4.78 is 1.96. The van der Waals surface area contributed by atoms with Crippen LogP contribution in [0.1, 0.15) is 23.0 Å². The molecule has 0 fully saturated rings. The number of hydrogen-bond donors (Lipinski definition) is 2. The molecule has 0 amide bonds. The Labute approximate surface area is 117 Å². The van der Waals surface area contributed by atoms with Crippen LogP contribution in [0.2, 0.25) is 0 Å². The van der Waals surface area contributed by atoms with Gasteiger partial charge in [-0.3, -0.25) is 10.8 Å². The first-order chi connectivity index (χ1) is 9.69. The highest BCUT2D eigenvalue weighted by molar-refractivity contribution is 5.79. The van der Waals surface area contributed by atoms with Crippen LogP contribution in [0.3, 0.4) is 0 Å². The number of hydrogen-bond acceptors (Lipinski definition) is 4. The minimum Gasteiger partial charge on any atom is -0.336 e. The molecule has 0 radical (unpaired) electrons.